The zero-order valence-electron chi connectivity index (χ0n) is 16.9. The van der Waals surface area contributed by atoms with Crippen LogP contribution in [0.5, 0.6) is 0 Å². The Labute approximate surface area is 216 Å². The molecule has 7 heteroatoms. The van der Waals surface area contributed by atoms with Crippen LogP contribution in [0.15, 0.2) is 63.5 Å². The second-order valence-electron chi connectivity index (χ2n) is 7.34. The molecule has 0 aliphatic carbocycles. The highest BCUT2D eigenvalue weighted by Crippen LogP contribution is 2.30. The van der Waals surface area contributed by atoms with Gasteiger partial charge in [-0.25, -0.2) is 4.98 Å². The van der Waals surface area contributed by atoms with Crippen LogP contribution in [0.1, 0.15) is 42.1 Å². The van der Waals surface area contributed by atoms with Crippen LogP contribution in [-0.2, 0) is 0 Å². The Bertz CT molecular complexity index is 1270. The zero-order chi connectivity index (χ0) is 22.1. The number of nitrogens with zero attached hydrogens (tertiary/aromatic N) is 1. The first-order valence-electron chi connectivity index (χ1n) is 9.82. The summed E-state index contributed by atoms with van der Waals surface area (Å²) in [6.07, 6.45) is 1.08. The van der Waals surface area contributed by atoms with Gasteiger partial charge in [0.2, 0.25) is 5.89 Å². The lowest BCUT2D eigenvalue weighted by atomic mass is 9.98. The van der Waals surface area contributed by atoms with Gasteiger partial charge in [-0.15, -0.1) is 0 Å². The average molecular weight is 701 g/mol. The fraction of sp³-hybridized carbons (Fsp3) is 0.167. The molecule has 4 nitrogen and oxygen atoms in total. The minimum atomic E-state index is -0.157. The smallest absolute Gasteiger partial charge is 0.256 e. The van der Waals surface area contributed by atoms with Crippen molar-refractivity contribution >= 4 is 83.8 Å². The third kappa shape index (κ3) is 4.98. The van der Waals surface area contributed by atoms with Crippen molar-refractivity contribution in [3.63, 3.8) is 0 Å². The highest BCUT2D eigenvalue weighted by Gasteiger charge is 2.15. The molecule has 0 saturated carbocycles. The number of hydrogen-bond acceptors (Lipinski definition) is 3. The van der Waals surface area contributed by atoms with Crippen molar-refractivity contribution in [3.8, 4) is 11.5 Å². The molecule has 0 aliphatic heterocycles. The predicted molar refractivity (Wildman–Crippen MR) is 146 cm³/mol. The Morgan fingerprint density at radius 2 is 1.87 bits per heavy atom. The van der Waals surface area contributed by atoms with Gasteiger partial charge < -0.3 is 9.73 Å². The van der Waals surface area contributed by atoms with E-state index in [1.54, 1.807) is 0 Å². The second kappa shape index (κ2) is 9.58. The van der Waals surface area contributed by atoms with Crippen molar-refractivity contribution in [2.24, 2.45) is 0 Å². The number of nitrogens with one attached hydrogen (secondary N) is 1. The van der Waals surface area contributed by atoms with Crippen molar-refractivity contribution < 1.29 is 9.21 Å². The Balaban J connectivity index is 1.55. The number of benzene rings is 3. The van der Waals surface area contributed by atoms with E-state index in [9.17, 15) is 4.79 Å². The van der Waals surface area contributed by atoms with Gasteiger partial charge in [0.15, 0.2) is 5.58 Å². The fourth-order valence-electron chi connectivity index (χ4n) is 3.23. The molecule has 31 heavy (non-hydrogen) atoms. The summed E-state index contributed by atoms with van der Waals surface area (Å²) in [6, 6.07) is 17.6. The first-order chi connectivity index (χ1) is 14.9. The van der Waals surface area contributed by atoms with Gasteiger partial charge in [0.25, 0.3) is 5.91 Å². The molecule has 0 spiro atoms. The molecule has 0 saturated heterocycles. The number of oxazole rings is 1. The van der Waals surface area contributed by atoms with E-state index in [-0.39, 0.29) is 5.91 Å². The highest BCUT2D eigenvalue weighted by atomic mass is 127. The fourth-order valence-corrected chi connectivity index (χ4v) is 5.48. The molecule has 1 atom stereocenters. The van der Waals surface area contributed by atoms with Gasteiger partial charge in [-0.3, -0.25) is 4.79 Å². The molecule has 0 unspecified atom stereocenters. The maximum atomic E-state index is 12.7. The van der Waals surface area contributed by atoms with Gasteiger partial charge in [0, 0.05) is 22.9 Å². The summed E-state index contributed by atoms with van der Waals surface area (Å²) in [5.74, 6) is 0.906. The minimum Gasteiger partial charge on any atom is -0.436 e. The zero-order valence-corrected chi connectivity index (χ0v) is 22.8. The molecule has 3 aromatic carbocycles. The molecule has 0 bridgehead atoms. The van der Waals surface area contributed by atoms with E-state index in [0.29, 0.717) is 23.1 Å². The van der Waals surface area contributed by atoms with Crippen molar-refractivity contribution in [1.29, 1.82) is 0 Å². The van der Waals surface area contributed by atoms with E-state index in [0.717, 1.165) is 34.7 Å². The Morgan fingerprint density at radius 3 is 2.58 bits per heavy atom. The van der Waals surface area contributed by atoms with E-state index in [4.69, 9.17) is 4.42 Å². The molecule has 1 amide bonds. The number of aromatic nitrogens is 1. The monoisotopic (exact) mass is 700 g/mol. The lowest BCUT2D eigenvalue weighted by Gasteiger charge is -2.09. The predicted octanol–water partition coefficient (Wildman–Crippen LogP) is 8.23. The summed E-state index contributed by atoms with van der Waals surface area (Å²) in [4.78, 5) is 17.4. The lowest BCUT2D eigenvalue weighted by Crippen LogP contribution is -2.13. The van der Waals surface area contributed by atoms with Crippen LogP contribution < -0.4 is 5.32 Å². The van der Waals surface area contributed by atoms with E-state index in [1.807, 2.05) is 42.5 Å². The van der Waals surface area contributed by atoms with Crippen molar-refractivity contribution in [2.75, 3.05) is 5.32 Å². The number of hydrogen-bond donors (Lipinski definition) is 1. The van der Waals surface area contributed by atoms with Gasteiger partial charge in [0.05, 0.1) is 5.56 Å². The summed E-state index contributed by atoms with van der Waals surface area (Å²) >= 11 is 7.94. The van der Waals surface area contributed by atoms with Crippen molar-refractivity contribution in [1.82, 2.24) is 4.98 Å². The summed E-state index contributed by atoms with van der Waals surface area (Å²) in [7, 11) is 0. The number of anilines is 1. The molecule has 0 fully saturated rings. The molecular formula is C24H19BrI2N2O2. The molecule has 4 aromatic rings. The third-order valence-corrected chi connectivity index (χ3v) is 8.29. The number of rotatable bonds is 5. The Hall–Kier alpha value is -1.46. The highest BCUT2D eigenvalue weighted by molar-refractivity contribution is 14.1. The van der Waals surface area contributed by atoms with Crippen LogP contribution in [0.2, 0.25) is 0 Å². The van der Waals surface area contributed by atoms with Gasteiger partial charge in [-0.1, -0.05) is 19.9 Å². The van der Waals surface area contributed by atoms with E-state index >= 15 is 0 Å². The average Bonchev–Trinajstić information content (AvgIpc) is 3.19. The van der Waals surface area contributed by atoms with E-state index < -0.39 is 0 Å². The maximum Gasteiger partial charge on any atom is 0.256 e. The topological polar surface area (TPSA) is 55.1 Å². The second-order valence-corrected chi connectivity index (χ2v) is 10.5. The van der Waals surface area contributed by atoms with Crippen LogP contribution in [-0.4, -0.2) is 10.9 Å². The summed E-state index contributed by atoms with van der Waals surface area (Å²) in [6.45, 7) is 4.40. The van der Waals surface area contributed by atoms with Gasteiger partial charge in [-0.2, -0.15) is 0 Å². The third-order valence-electron chi connectivity index (χ3n) is 5.22. The van der Waals surface area contributed by atoms with Crippen LogP contribution in [0.4, 0.5) is 5.69 Å². The molecule has 158 valence electrons. The van der Waals surface area contributed by atoms with E-state index in [1.165, 1.54) is 5.56 Å². The van der Waals surface area contributed by atoms with Gasteiger partial charge >= 0.3 is 0 Å². The summed E-state index contributed by atoms with van der Waals surface area (Å²) in [5.41, 5.74) is 5.09. The molecule has 4 rings (SSSR count). The number of carbonyl (C=O) groups excluding carboxylic acids is 1. The molecule has 1 aromatic heterocycles. The van der Waals surface area contributed by atoms with Crippen LogP contribution in [0, 0.1) is 7.14 Å². The molecule has 0 aliphatic rings. The molecule has 1 heterocycles. The normalized spacial score (nSPS) is 12.2. The number of carbonyl (C=O) groups is 1. The standard InChI is InChI=1S/C24H19BrI2N2O2/c1-3-13(2)15-6-9-21-20(10-15)29-24(31-21)14-4-7-17(8-5-14)28-23(30)18-11-16(26)12-19(27)22(18)25/h4-13H,3H2,1-2H3,(H,28,30)/t13-/m1/s1. The minimum absolute atomic E-state index is 0.157. The van der Waals surface area contributed by atoms with Gasteiger partial charge in [-0.05, 0) is 128 Å². The Kier molecular flexibility index (Phi) is 7.02. The van der Waals surface area contributed by atoms with Gasteiger partial charge in [0.1, 0.15) is 5.52 Å². The summed E-state index contributed by atoms with van der Waals surface area (Å²) in [5, 5.41) is 2.96. The SMILES string of the molecule is CC[C@@H](C)c1ccc2oc(-c3ccc(NC(=O)c4cc(I)cc(I)c4Br)cc3)nc2c1. The number of fused-ring (bicyclic) bond motifs is 1. The quantitative estimate of drug-likeness (QED) is 0.169. The van der Waals surface area contributed by atoms with Crippen LogP contribution >= 0.6 is 61.1 Å². The maximum absolute atomic E-state index is 12.7. The van der Waals surface area contributed by atoms with Crippen molar-refractivity contribution in [2.45, 2.75) is 26.2 Å². The largest absolute Gasteiger partial charge is 0.436 e. The van der Waals surface area contributed by atoms with E-state index in [2.05, 4.69) is 97.4 Å². The first kappa shape index (κ1) is 22.7. The lowest BCUT2D eigenvalue weighted by molar-refractivity contribution is 0.102. The molecule has 0 radical (unpaired) electrons. The van der Waals surface area contributed by atoms with Crippen molar-refractivity contribution in [3.05, 3.63) is 77.3 Å². The summed E-state index contributed by atoms with van der Waals surface area (Å²) < 4.78 is 8.76. The van der Waals surface area contributed by atoms with Crippen LogP contribution in [0.3, 0.4) is 0 Å². The number of amides is 1. The molecule has 1 N–H and O–H groups in total. The first-order valence-corrected chi connectivity index (χ1v) is 12.8. The Morgan fingerprint density at radius 1 is 1.13 bits per heavy atom. The molecular weight excluding hydrogens is 682 g/mol. The number of halogens is 3. The van der Waals surface area contributed by atoms with Crippen LogP contribution in [0.25, 0.3) is 22.6 Å².